The van der Waals surface area contributed by atoms with Crippen LogP contribution < -0.4 is 43.2 Å². The van der Waals surface area contributed by atoms with E-state index in [-0.39, 0.29) is 12.7 Å². The summed E-state index contributed by atoms with van der Waals surface area (Å²) < 4.78 is 96.5. The van der Waals surface area contributed by atoms with E-state index in [2.05, 4.69) is 140 Å². The van der Waals surface area contributed by atoms with Crippen LogP contribution in [0.3, 0.4) is 0 Å². The standard InChI is InChI=1S/C21H19N3O3S.C20H19N3O2.C19H19N3O3S.C18H14N2O2.C16H11BrN2O.C11H9BrN2/c1-4-24-20(19(14-22)18-11-10-17(27-2)13-21(18)24)12-7-15-5-8-16(9-6-15)23-28(3,25)26;1-4-23-19-11-16(25-3)9-10-17(19)18(12-21)20(23)14-5-7-15(8-6-14)22-13(2)24;1-4-22-18-11-15(25-2)9-10-16(18)17(12-20)19(22)13-5-7-14(8-6-13)21-26(3,23)24;1-11-3-5-14-15(9-19)12(2)20(16(14)7-11)13-4-6-17-18(8-13)22-10-21-17;1-20-14-5-3-13(4-6-14)19-10-11(9-18)15-7-2-12(17)8-16(15)19;1-2-14-7-8(6-13)10-4-3-9(12)5-11(10)14/h5-6,8-11,13,23H,4H2,1-3H3;5-11H,4H2,1-3H3,(H,22,24);5-11,21H,4H2,1-3H3;3-8H,10H2,1-2H3;2-8,10H,1H3;3-5,7H,2H2,1H3. The molecule has 0 unspecified atom stereocenters. The largest absolute Gasteiger partial charge is 0.497 e. The van der Waals surface area contributed by atoms with Gasteiger partial charge in [0.05, 0.1) is 119 Å². The number of halogens is 2. The Bertz CT molecular complexity index is 8020. The first-order valence-electron chi connectivity index (χ1n) is 42.3. The minimum atomic E-state index is -3.33. The van der Waals surface area contributed by atoms with Crippen LogP contribution in [0.15, 0.2) is 246 Å². The van der Waals surface area contributed by atoms with E-state index in [4.69, 9.17) is 33.7 Å². The molecule has 3 N–H and O–H groups in total. The summed E-state index contributed by atoms with van der Waals surface area (Å²) in [7, 11) is -0.157. The highest BCUT2D eigenvalue weighted by molar-refractivity contribution is 9.10. The number of hydrogen-bond acceptors (Lipinski definition) is 17. The number of carbonyl (C=O) groups is 1. The van der Waals surface area contributed by atoms with Crippen LogP contribution in [0.1, 0.15) is 90.5 Å². The summed E-state index contributed by atoms with van der Waals surface area (Å²) in [6.45, 7) is 16.9. The van der Waals surface area contributed by atoms with Crippen molar-refractivity contribution in [3.05, 3.63) is 302 Å². The first-order chi connectivity index (χ1) is 65.0. The smallest absolute Gasteiger partial charge is 0.231 e. The van der Waals surface area contributed by atoms with E-state index in [0.29, 0.717) is 63.5 Å². The van der Waals surface area contributed by atoms with Crippen LogP contribution in [0.25, 0.3) is 99.3 Å². The number of carbonyl (C=O) groups excluding carboxylic acids is 1. The van der Waals surface area contributed by atoms with Crippen molar-refractivity contribution in [2.24, 2.45) is 0 Å². The van der Waals surface area contributed by atoms with Crippen molar-refractivity contribution in [3.8, 4) is 117 Å². The van der Waals surface area contributed by atoms with Gasteiger partial charge in [0, 0.05) is 151 Å². The molecule has 0 radical (unpaired) electrons. The van der Waals surface area contributed by atoms with E-state index in [1.807, 2.05) is 224 Å². The maximum Gasteiger partial charge on any atom is 0.231 e. The zero-order chi connectivity index (χ0) is 96.7. The number of benzene rings is 11. The molecule has 1 aliphatic rings. The Morgan fingerprint density at radius 1 is 0.415 bits per heavy atom. The summed E-state index contributed by atoms with van der Waals surface area (Å²) in [5, 5.41) is 65.1. The highest BCUT2D eigenvalue weighted by Gasteiger charge is 2.25. The molecule has 18 rings (SSSR count). The Balaban J connectivity index is 0.000000139. The Labute approximate surface area is 799 Å². The van der Waals surface area contributed by atoms with Crippen LogP contribution in [0.5, 0.6) is 34.5 Å². The number of ether oxygens (including phenoxy) is 6. The molecular weight excluding hydrogens is 1870 g/mol. The number of sulfonamides is 2. The molecular formula is C105H91Br2N15O11S2. The second kappa shape index (κ2) is 42.4. The number of aryl methyl sites for hydroxylation is 5. The van der Waals surface area contributed by atoms with Gasteiger partial charge in [0.1, 0.15) is 65.1 Å². The molecule has 11 aromatic carbocycles. The molecule has 7 heterocycles. The van der Waals surface area contributed by atoms with Crippen LogP contribution in [-0.4, -0.2) is 97.9 Å². The molecule has 678 valence electrons. The number of rotatable bonds is 17. The molecule has 0 saturated carbocycles. The average molecular weight is 1960 g/mol. The molecule has 17 aromatic rings. The van der Waals surface area contributed by atoms with E-state index in [1.165, 1.54) is 6.92 Å². The molecule has 135 heavy (non-hydrogen) atoms. The summed E-state index contributed by atoms with van der Waals surface area (Å²) in [5.74, 6) is 10.6. The molecule has 0 atom stereocenters. The molecule has 1 amide bonds. The van der Waals surface area contributed by atoms with Crippen molar-refractivity contribution in [1.29, 1.82) is 31.6 Å². The van der Waals surface area contributed by atoms with Crippen molar-refractivity contribution in [2.45, 2.75) is 74.6 Å². The third-order valence-electron chi connectivity index (χ3n) is 22.2. The first-order valence-corrected chi connectivity index (χ1v) is 47.7. The van der Waals surface area contributed by atoms with Crippen LogP contribution in [0.4, 0.5) is 17.1 Å². The Hall–Kier alpha value is -16.1. The van der Waals surface area contributed by atoms with Crippen molar-refractivity contribution >= 4 is 140 Å². The van der Waals surface area contributed by atoms with Gasteiger partial charge in [0.2, 0.25) is 32.7 Å². The Kier molecular flexibility index (Phi) is 30.3. The van der Waals surface area contributed by atoms with Crippen molar-refractivity contribution < 1.29 is 50.1 Å². The number of nitrogens with one attached hydrogen (secondary N) is 3. The third kappa shape index (κ3) is 21.4. The number of methoxy groups -OCH3 is 4. The van der Waals surface area contributed by atoms with Crippen LogP contribution >= 0.6 is 31.9 Å². The monoisotopic (exact) mass is 1960 g/mol. The van der Waals surface area contributed by atoms with Crippen LogP contribution in [0.2, 0.25) is 0 Å². The lowest BCUT2D eigenvalue weighted by Crippen LogP contribution is -2.09. The summed E-state index contributed by atoms with van der Waals surface area (Å²) in [5.41, 5.74) is 20.4. The predicted molar refractivity (Wildman–Crippen MR) is 537 cm³/mol. The number of nitriles is 6. The molecule has 0 spiro atoms. The topological polar surface area (TPSA) is 349 Å². The Morgan fingerprint density at radius 3 is 1.32 bits per heavy atom. The minimum absolute atomic E-state index is 0.111. The van der Waals surface area contributed by atoms with Crippen LogP contribution in [-0.2, 0) is 51.0 Å². The van der Waals surface area contributed by atoms with E-state index < -0.39 is 20.0 Å². The molecule has 30 heteroatoms. The molecule has 0 bridgehead atoms. The fourth-order valence-electron chi connectivity index (χ4n) is 16.1. The number of hydrogen-bond donors (Lipinski definition) is 3. The van der Waals surface area contributed by atoms with Gasteiger partial charge in [0.25, 0.3) is 0 Å². The van der Waals surface area contributed by atoms with Crippen molar-refractivity contribution in [2.75, 3.05) is 62.5 Å². The Morgan fingerprint density at radius 2 is 0.844 bits per heavy atom. The normalized spacial score (nSPS) is 11.0. The lowest BCUT2D eigenvalue weighted by molar-refractivity contribution is -0.114. The van der Waals surface area contributed by atoms with E-state index >= 15 is 0 Å². The van der Waals surface area contributed by atoms with Gasteiger partial charge >= 0.3 is 0 Å². The molecule has 0 aliphatic carbocycles. The molecule has 0 saturated heterocycles. The maximum absolute atomic E-state index is 11.4. The lowest BCUT2D eigenvalue weighted by Gasteiger charge is -2.10. The van der Waals surface area contributed by atoms with E-state index in [1.54, 1.807) is 64.8 Å². The van der Waals surface area contributed by atoms with E-state index in [0.717, 1.165) is 191 Å². The zero-order valence-electron chi connectivity index (χ0n) is 76.0. The van der Waals surface area contributed by atoms with Gasteiger partial charge in [-0.2, -0.15) is 31.6 Å². The van der Waals surface area contributed by atoms with E-state index in [9.17, 15) is 47.9 Å². The zero-order valence-corrected chi connectivity index (χ0v) is 80.8. The molecule has 1 aliphatic heterocycles. The number of fused-ring (bicyclic) bond motifs is 7. The van der Waals surface area contributed by atoms with Crippen LogP contribution in [0, 0.1) is 93.7 Å². The first kappa shape index (κ1) is 96.4. The summed E-state index contributed by atoms with van der Waals surface area (Å²) >= 11 is 6.91. The van der Waals surface area contributed by atoms with Gasteiger partial charge < -0.3 is 61.1 Å². The highest BCUT2D eigenvalue weighted by Crippen LogP contribution is 2.41. The number of amides is 1. The fraction of sp³-hybridized carbons (Fsp3) is 0.171. The van der Waals surface area contributed by atoms with Gasteiger partial charge in [-0.3, -0.25) is 14.2 Å². The van der Waals surface area contributed by atoms with Gasteiger partial charge in [0.15, 0.2) is 11.5 Å². The molecule has 0 fully saturated rings. The SMILES string of the molecule is CCn1c(-c2ccc(NC(C)=O)cc2)c(C#N)c2ccc(OC)cc21.CCn1c(-c2ccc(NS(C)(=O)=O)cc2)c(C#N)c2ccc(OC)cc21.CCn1c(C#Cc2ccc(NS(C)(=O)=O)cc2)c(C#N)c2ccc(OC)cc21.CCn1cc(C#N)c2ccc(Br)cc21.COc1ccc(-n2cc(C#N)c3ccc(Br)cc32)cc1.Cc1ccc2c(C#N)c(C)n(-c3ccc4c(c3)OCO4)c2c1. The fourth-order valence-corrected chi connectivity index (χ4v) is 17.9. The van der Waals surface area contributed by atoms with Gasteiger partial charge in [-0.25, -0.2) is 16.8 Å². The number of anilines is 3. The van der Waals surface area contributed by atoms with Crippen molar-refractivity contribution in [1.82, 2.24) is 27.4 Å². The third-order valence-corrected chi connectivity index (χ3v) is 24.4. The number of aromatic nitrogens is 6. The van der Waals surface area contributed by atoms with Crippen molar-refractivity contribution in [3.63, 3.8) is 0 Å². The van der Waals surface area contributed by atoms with Gasteiger partial charge in [-0.1, -0.05) is 86.3 Å². The number of nitrogens with zero attached hydrogens (tertiary/aromatic N) is 12. The second-order valence-electron chi connectivity index (χ2n) is 30.8. The molecule has 26 nitrogen and oxygen atoms in total. The average Bonchev–Trinajstić information content (AvgIpc) is 1.59. The highest BCUT2D eigenvalue weighted by atomic mass is 79.9. The maximum atomic E-state index is 11.4. The summed E-state index contributed by atoms with van der Waals surface area (Å²) in [4.78, 5) is 11.2. The summed E-state index contributed by atoms with van der Waals surface area (Å²) in [6, 6.07) is 83.6. The minimum Gasteiger partial charge on any atom is -0.497 e. The summed E-state index contributed by atoms with van der Waals surface area (Å²) in [6.07, 6.45) is 5.97. The molecule has 6 aromatic heterocycles. The quantitative estimate of drug-likeness (QED) is 0.0713. The van der Waals surface area contributed by atoms with Gasteiger partial charge in [-0.05, 0) is 216 Å². The second-order valence-corrected chi connectivity index (χ2v) is 36.1. The lowest BCUT2D eigenvalue weighted by atomic mass is 10.1. The van der Waals surface area contributed by atoms with Gasteiger partial charge in [-0.15, -0.1) is 0 Å². The predicted octanol–water partition coefficient (Wildman–Crippen LogP) is 22.5.